The third kappa shape index (κ3) is 2.30. The van der Waals surface area contributed by atoms with Gasteiger partial charge in [0.25, 0.3) is 0 Å². The fraction of sp³-hybridized carbons (Fsp3) is 0.615. The van der Waals surface area contributed by atoms with E-state index < -0.39 is 0 Å². The van der Waals surface area contributed by atoms with Crippen LogP contribution in [0.4, 0.5) is 0 Å². The monoisotopic (exact) mass is 236 g/mol. The number of esters is 1. The van der Waals surface area contributed by atoms with Crippen LogP contribution in [0.5, 0.6) is 0 Å². The van der Waals surface area contributed by atoms with Gasteiger partial charge in [-0.1, -0.05) is 6.42 Å². The molecule has 4 nitrogen and oxygen atoms in total. The molecule has 17 heavy (non-hydrogen) atoms. The molecular weight excluding hydrogens is 220 g/mol. The van der Waals surface area contributed by atoms with Crippen molar-refractivity contribution >= 4 is 17.5 Å². The minimum atomic E-state index is -0.387. The molecule has 2 aliphatic carbocycles. The molecule has 0 aromatic heterocycles. The average Bonchev–Trinajstić information content (AvgIpc) is 2.28. The van der Waals surface area contributed by atoms with Crippen LogP contribution in [0.1, 0.15) is 32.6 Å². The molecule has 0 spiro atoms. The van der Waals surface area contributed by atoms with Crippen LogP contribution >= 0.6 is 0 Å². The van der Waals surface area contributed by atoms with E-state index in [1.54, 1.807) is 6.92 Å². The van der Waals surface area contributed by atoms with Crippen LogP contribution in [0.3, 0.4) is 0 Å². The predicted octanol–water partition coefficient (Wildman–Crippen LogP) is 1.43. The molecular formula is C13H16O4. The van der Waals surface area contributed by atoms with Gasteiger partial charge in [-0.15, -0.1) is 0 Å². The second-order valence-corrected chi connectivity index (χ2v) is 4.54. The molecule has 0 heterocycles. The molecule has 0 N–H and O–H groups in total. The maximum absolute atomic E-state index is 11.8. The zero-order valence-corrected chi connectivity index (χ0v) is 9.90. The summed E-state index contributed by atoms with van der Waals surface area (Å²) < 4.78 is 5.00. The zero-order chi connectivity index (χ0) is 12.4. The fourth-order valence-electron chi connectivity index (χ4n) is 2.68. The third-order valence-electron chi connectivity index (χ3n) is 3.43. The summed E-state index contributed by atoms with van der Waals surface area (Å²) in [5.74, 6) is -1.14. The van der Waals surface area contributed by atoms with Crippen molar-refractivity contribution in [2.45, 2.75) is 32.6 Å². The van der Waals surface area contributed by atoms with Gasteiger partial charge >= 0.3 is 5.97 Å². The second kappa shape index (κ2) is 4.82. The molecule has 1 fully saturated rings. The van der Waals surface area contributed by atoms with Crippen molar-refractivity contribution in [1.82, 2.24) is 0 Å². The SMILES string of the molecule is CCOC(=O)[C@H]1CCCC2C(=O)CC(=O)C=C21. The number of hydrogen-bond acceptors (Lipinski definition) is 4. The lowest BCUT2D eigenvalue weighted by Gasteiger charge is -2.32. The summed E-state index contributed by atoms with van der Waals surface area (Å²) in [6.45, 7) is 2.08. The number of fused-ring (bicyclic) bond motifs is 1. The topological polar surface area (TPSA) is 60.4 Å². The number of carbonyl (C=O) groups excluding carboxylic acids is 3. The first-order valence-corrected chi connectivity index (χ1v) is 6.07. The van der Waals surface area contributed by atoms with E-state index in [1.165, 1.54) is 6.08 Å². The Hall–Kier alpha value is -1.45. The first kappa shape index (κ1) is 12.0. The Morgan fingerprint density at radius 3 is 2.88 bits per heavy atom. The van der Waals surface area contributed by atoms with E-state index in [0.717, 1.165) is 12.8 Å². The maximum atomic E-state index is 11.8. The molecule has 92 valence electrons. The van der Waals surface area contributed by atoms with Gasteiger partial charge < -0.3 is 4.74 Å². The maximum Gasteiger partial charge on any atom is 0.313 e. The van der Waals surface area contributed by atoms with E-state index in [4.69, 9.17) is 4.74 Å². The van der Waals surface area contributed by atoms with E-state index in [2.05, 4.69) is 0 Å². The molecule has 2 atom stereocenters. The van der Waals surface area contributed by atoms with Gasteiger partial charge in [0.15, 0.2) is 5.78 Å². The molecule has 2 aliphatic rings. The van der Waals surface area contributed by atoms with E-state index in [-0.39, 0.29) is 35.8 Å². The number of ketones is 2. The van der Waals surface area contributed by atoms with Crippen molar-refractivity contribution in [2.24, 2.45) is 11.8 Å². The molecule has 0 bridgehead atoms. The quantitative estimate of drug-likeness (QED) is 0.537. The van der Waals surface area contributed by atoms with Gasteiger partial charge in [0.1, 0.15) is 5.78 Å². The number of ether oxygens (including phenoxy) is 1. The Balaban J connectivity index is 2.26. The van der Waals surface area contributed by atoms with Gasteiger partial charge in [-0.3, -0.25) is 14.4 Å². The van der Waals surface area contributed by atoms with Gasteiger partial charge in [0.2, 0.25) is 0 Å². The van der Waals surface area contributed by atoms with Crippen LogP contribution in [0.2, 0.25) is 0 Å². The van der Waals surface area contributed by atoms with E-state index in [0.29, 0.717) is 18.6 Å². The first-order valence-electron chi connectivity index (χ1n) is 6.07. The molecule has 0 radical (unpaired) electrons. The van der Waals surface area contributed by atoms with Gasteiger partial charge in [-0.25, -0.2) is 0 Å². The highest BCUT2D eigenvalue weighted by Gasteiger charge is 2.39. The van der Waals surface area contributed by atoms with Crippen molar-refractivity contribution in [3.8, 4) is 0 Å². The summed E-state index contributed by atoms with van der Waals surface area (Å²) >= 11 is 0. The van der Waals surface area contributed by atoms with E-state index in [9.17, 15) is 14.4 Å². The summed E-state index contributed by atoms with van der Waals surface area (Å²) in [5, 5.41) is 0. The molecule has 0 aromatic carbocycles. The van der Waals surface area contributed by atoms with Crippen molar-refractivity contribution in [1.29, 1.82) is 0 Å². The Morgan fingerprint density at radius 2 is 2.18 bits per heavy atom. The number of carbonyl (C=O) groups is 3. The van der Waals surface area contributed by atoms with Crippen LogP contribution in [-0.2, 0) is 19.1 Å². The molecule has 0 aromatic rings. The van der Waals surface area contributed by atoms with Gasteiger partial charge in [0.05, 0.1) is 18.9 Å². The van der Waals surface area contributed by atoms with Crippen molar-refractivity contribution in [3.05, 3.63) is 11.6 Å². The number of hydrogen-bond donors (Lipinski definition) is 0. The highest BCUT2D eigenvalue weighted by atomic mass is 16.5. The molecule has 1 unspecified atom stereocenters. The molecule has 4 heteroatoms. The second-order valence-electron chi connectivity index (χ2n) is 4.54. The molecule has 0 saturated heterocycles. The predicted molar refractivity (Wildman–Crippen MR) is 60.2 cm³/mol. The van der Waals surface area contributed by atoms with Crippen LogP contribution in [0, 0.1) is 11.8 Å². The normalized spacial score (nSPS) is 28.4. The zero-order valence-electron chi connectivity index (χ0n) is 9.90. The molecule has 1 saturated carbocycles. The van der Waals surface area contributed by atoms with Crippen LogP contribution in [0.15, 0.2) is 11.6 Å². The van der Waals surface area contributed by atoms with E-state index in [1.807, 2.05) is 0 Å². The van der Waals surface area contributed by atoms with Gasteiger partial charge in [-0.2, -0.15) is 0 Å². The van der Waals surface area contributed by atoms with Crippen molar-refractivity contribution < 1.29 is 19.1 Å². The Morgan fingerprint density at radius 1 is 1.41 bits per heavy atom. The van der Waals surface area contributed by atoms with Crippen LogP contribution in [0.25, 0.3) is 0 Å². The molecule has 0 aliphatic heterocycles. The van der Waals surface area contributed by atoms with Crippen LogP contribution in [-0.4, -0.2) is 24.1 Å². The summed E-state index contributed by atoms with van der Waals surface area (Å²) in [6.07, 6.45) is 3.76. The summed E-state index contributed by atoms with van der Waals surface area (Å²) in [7, 11) is 0. The summed E-state index contributed by atoms with van der Waals surface area (Å²) in [5.41, 5.74) is 0.691. The van der Waals surface area contributed by atoms with Crippen molar-refractivity contribution in [2.75, 3.05) is 6.61 Å². The Labute approximate surface area is 100 Å². The highest BCUT2D eigenvalue weighted by Crippen LogP contribution is 2.38. The standard InChI is InChI=1S/C13H16O4/c1-2-17-13(16)10-5-3-4-9-11(10)6-8(14)7-12(9)15/h6,9-10H,2-5,7H2,1H3/t9?,10-/m0/s1. The largest absolute Gasteiger partial charge is 0.466 e. The number of allylic oxidation sites excluding steroid dienone is 1. The lowest BCUT2D eigenvalue weighted by Crippen LogP contribution is -2.35. The Kier molecular flexibility index (Phi) is 3.41. The third-order valence-corrected chi connectivity index (χ3v) is 3.43. The lowest BCUT2D eigenvalue weighted by molar-refractivity contribution is -0.147. The van der Waals surface area contributed by atoms with E-state index >= 15 is 0 Å². The van der Waals surface area contributed by atoms with Gasteiger partial charge in [0, 0.05) is 5.92 Å². The average molecular weight is 236 g/mol. The highest BCUT2D eigenvalue weighted by molar-refractivity contribution is 6.10. The molecule has 2 rings (SSSR count). The minimum absolute atomic E-state index is 0.0102. The number of rotatable bonds is 2. The molecule has 0 amide bonds. The van der Waals surface area contributed by atoms with Crippen molar-refractivity contribution in [3.63, 3.8) is 0 Å². The Bertz CT molecular complexity index is 394. The van der Waals surface area contributed by atoms with Crippen LogP contribution < -0.4 is 0 Å². The smallest absolute Gasteiger partial charge is 0.313 e. The summed E-state index contributed by atoms with van der Waals surface area (Å²) in [6, 6.07) is 0. The minimum Gasteiger partial charge on any atom is -0.466 e. The first-order chi connectivity index (χ1) is 8.13. The number of Topliss-reactive ketones (excluding diaryl/α,β-unsaturated/α-hetero) is 1. The summed E-state index contributed by atoms with van der Waals surface area (Å²) in [4.78, 5) is 34.9. The lowest BCUT2D eigenvalue weighted by atomic mass is 9.71. The fourth-order valence-corrected chi connectivity index (χ4v) is 2.68. The van der Waals surface area contributed by atoms with Gasteiger partial charge in [-0.05, 0) is 31.4 Å².